The average Bonchev–Trinajstić information content (AvgIpc) is 2.97. The number of halogens is 1. The molecule has 0 saturated carbocycles. The van der Waals surface area contributed by atoms with E-state index in [1.807, 2.05) is 23.4 Å². The molecule has 1 aromatic carbocycles. The molecule has 1 atom stereocenters. The first kappa shape index (κ1) is 14.1. The Morgan fingerprint density at radius 1 is 1.28 bits per heavy atom. The highest BCUT2D eigenvalue weighted by molar-refractivity contribution is 5.82. The number of aromatic nitrogens is 1. The summed E-state index contributed by atoms with van der Waals surface area (Å²) in [6.45, 7) is 0. The second kappa shape index (κ2) is 5.11. The number of hydrazine groups is 1. The predicted octanol–water partition coefficient (Wildman–Crippen LogP) is 3.45. The maximum atomic E-state index is 14.4. The van der Waals surface area contributed by atoms with Crippen LogP contribution >= 0.6 is 0 Å². The van der Waals surface area contributed by atoms with Crippen LogP contribution in [-0.4, -0.2) is 21.4 Å². The zero-order chi connectivity index (χ0) is 17.0. The van der Waals surface area contributed by atoms with Crippen molar-refractivity contribution in [2.24, 2.45) is 4.99 Å². The Labute approximate surface area is 143 Å². The summed E-state index contributed by atoms with van der Waals surface area (Å²) in [6, 6.07) is 4.35. The van der Waals surface area contributed by atoms with Gasteiger partial charge in [0.1, 0.15) is 17.9 Å². The van der Waals surface area contributed by atoms with E-state index in [0.29, 0.717) is 12.0 Å². The van der Waals surface area contributed by atoms with Gasteiger partial charge in [-0.05, 0) is 24.1 Å². The third-order valence-electron chi connectivity index (χ3n) is 4.85. The molecule has 0 radical (unpaired) electrons. The molecule has 0 bridgehead atoms. The predicted molar refractivity (Wildman–Crippen MR) is 93.9 cm³/mol. The molecule has 1 aromatic heterocycles. The number of hydrogen-bond donors (Lipinski definition) is 3. The molecular weight excluding hydrogens is 319 g/mol. The molecule has 1 unspecified atom stereocenters. The number of benzene rings is 1. The van der Waals surface area contributed by atoms with Crippen LogP contribution in [0.2, 0.25) is 0 Å². The van der Waals surface area contributed by atoms with Crippen molar-refractivity contribution in [2.75, 3.05) is 0 Å². The number of nitrogens with zero attached hydrogens (tertiary/aromatic N) is 2. The summed E-state index contributed by atoms with van der Waals surface area (Å²) in [5.74, 6) is -0.572. The van der Waals surface area contributed by atoms with E-state index in [-0.39, 0.29) is 11.7 Å². The molecule has 1 aliphatic carbocycles. The second-order valence-electron chi connectivity index (χ2n) is 6.25. The molecule has 2 aromatic rings. The Morgan fingerprint density at radius 2 is 2.20 bits per heavy atom. The van der Waals surface area contributed by atoms with Crippen molar-refractivity contribution in [1.82, 2.24) is 15.4 Å². The lowest BCUT2D eigenvalue weighted by molar-refractivity contribution is 0.448. The zero-order valence-electron chi connectivity index (χ0n) is 13.2. The lowest BCUT2D eigenvalue weighted by Crippen LogP contribution is -2.36. The molecule has 6 heteroatoms. The molecule has 25 heavy (non-hydrogen) atoms. The lowest BCUT2D eigenvalue weighted by Gasteiger charge is -2.32. The van der Waals surface area contributed by atoms with E-state index in [4.69, 9.17) is 0 Å². The Hall–Kier alpha value is -3.28. The van der Waals surface area contributed by atoms with Crippen LogP contribution < -0.4 is 5.43 Å². The highest BCUT2D eigenvalue weighted by Gasteiger charge is 2.32. The largest absolute Gasteiger partial charge is 0.508 e. The smallest absolute Gasteiger partial charge is 0.130 e. The van der Waals surface area contributed by atoms with Gasteiger partial charge in [0.05, 0.1) is 17.6 Å². The molecule has 2 aliphatic heterocycles. The van der Waals surface area contributed by atoms with Gasteiger partial charge in [0.2, 0.25) is 0 Å². The van der Waals surface area contributed by atoms with E-state index >= 15 is 0 Å². The van der Waals surface area contributed by atoms with Gasteiger partial charge in [-0.3, -0.25) is 10.4 Å². The normalized spacial score (nSPS) is 20.2. The highest BCUT2D eigenvalue weighted by atomic mass is 19.1. The van der Waals surface area contributed by atoms with Crippen molar-refractivity contribution in [3.05, 3.63) is 76.6 Å². The van der Waals surface area contributed by atoms with Gasteiger partial charge in [-0.1, -0.05) is 18.2 Å². The standard InChI is InChI=1S/C19H15FN4O/c20-16-7-13(25)3-4-14(16)15-5-6-17-18-11(8-22-19(15)18)1-2-12-9-21-10-23-24(12)17/h1-4,6-10,15,22,25H,5H2,(H,21,23). The van der Waals surface area contributed by atoms with Gasteiger partial charge in [-0.15, -0.1) is 0 Å². The molecule has 124 valence electrons. The number of phenols is 1. The van der Waals surface area contributed by atoms with Crippen LogP contribution in [0.5, 0.6) is 5.75 Å². The number of aromatic amines is 1. The molecule has 5 rings (SSSR count). The van der Waals surface area contributed by atoms with Crippen molar-refractivity contribution < 1.29 is 9.50 Å². The lowest BCUT2D eigenvalue weighted by atomic mass is 9.84. The van der Waals surface area contributed by atoms with Gasteiger partial charge in [0.15, 0.2) is 0 Å². The van der Waals surface area contributed by atoms with Gasteiger partial charge in [0, 0.05) is 35.0 Å². The van der Waals surface area contributed by atoms with Gasteiger partial charge in [-0.2, -0.15) is 0 Å². The number of nitrogens with one attached hydrogen (secondary N) is 2. The van der Waals surface area contributed by atoms with E-state index in [1.165, 1.54) is 12.1 Å². The van der Waals surface area contributed by atoms with Crippen LogP contribution in [-0.2, 0) is 0 Å². The summed E-state index contributed by atoms with van der Waals surface area (Å²) < 4.78 is 14.4. The minimum absolute atomic E-state index is 0.0619. The van der Waals surface area contributed by atoms with Crippen molar-refractivity contribution >= 4 is 18.1 Å². The number of rotatable bonds is 1. The summed E-state index contributed by atoms with van der Waals surface area (Å²) in [5.41, 5.74) is 8.82. The number of allylic oxidation sites excluding steroid dienone is 2. The monoisotopic (exact) mass is 334 g/mol. The minimum atomic E-state index is -0.391. The fourth-order valence-electron chi connectivity index (χ4n) is 3.72. The number of phenolic OH excluding ortho intramolecular Hbond substituents is 1. The molecule has 0 fully saturated rings. The molecule has 0 saturated heterocycles. The third kappa shape index (κ3) is 2.04. The number of fused-ring (bicyclic) bond motifs is 2. The average molecular weight is 334 g/mol. The Bertz CT molecular complexity index is 999. The van der Waals surface area contributed by atoms with Crippen LogP contribution in [0.3, 0.4) is 0 Å². The van der Waals surface area contributed by atoms with Crippen LogP contribution in [0, 0.1) is 5.82 Å². The quantitative estimate of drug-likeness (QED) is 0.748. The molecule has 3 heterocycles. The van der Waals surface area contributed by atoms with Crippen molar-refractivity contribution in [3.63, 3.8) is 0 Å². The molecule has 0 amide bonds. The summed E-state index contributed by atoms with van der Waals surface area (Å²) in [6.07, 6.45) is 12.2. The first-order chi connectivity index (χ1) is 12.2. The number of aliphatic imine (C=N–C) groups is 1. The number of H-pyrrole nitrogens is 1. The molecular formula is C19H15FN4O. The Kier molecular flexibility index (Phi) is 2.88. The fourth-order valence-corrected chi connectivity index (χ4v) is 3.72. The maximum absolute atomic E-state index is 14.4. The topological polar surface area (TPSA) is 63.6 Å². The van der Waals surface area contributed by atoms with E-state index < -0.39 is 5.82 Å². The van der Waals surface area contributed by atoms with Gasteiger partial charge >= 0.3 is 0 Å². The van der Waals surface area contributed by atoms with Crippen LogP contribution in [0.15, 0.2) is 53.4 Å². The summed E-state index contributed by atoms with van der Waals surface area (Å²) >= 11 is 0. The van der Waals surface area contributed by atoms with E-state index in [2.05, 4.69) is 21.5 Å². The Morgan fingerprint density at radius 3 is 3.08 bits per heavy atom. The van der Waals surface area contributed by atoms with Gasteiger partial charge in [-0.25, -0.2) is 9.38 Å². The Balaban J connectivity index is 1.66. The molecule has 5 nitrogen and oxygen atoms in total. The van der Waals surface area contributed by atoms with Crippen molar-refractivity contribution in [1.29, 1.82) is 0 Å². The second-order valence-corrected chi connectivity index (χ2v) is 6.25. The maximum Gasteiger partial charge on any atom is 0.130 e. The van der Waals surface area contributed by atoms with E-state index in [0.717, 1.165) is 28.2 Å². The SMILES string of the molecule is Oc1ccc(C2CC=C3c4c(c[nH]c42)C=CC2=CN=CNN23)c(F)c1. The molecule has 3 aliphatic rings. The summed E-state index contributed by atoms with van der Waals surface area (Å²) in [4.78, 5) is 7.47. The number of aromatic hydroxyl groups is 1. The molecule has 0 spiro atoms. The molecule has 3 N–H and O–H groups in total. The zero-order valence-corrected chi connectivity index (χ0v) is 13.2. The highest BCUT2D eigenvalue weighted by Crippen LogP contribution is 2.44. The van der Waals surface area contributed by atoms with Gasteiger partial charge < -0.3 is 10.1 Å². The third-order valence-corrected chi connectivity index (χ3v) is 4.85. The first-order valence-electron chi connectivity index (χ1n) is 8.09. The number of hydrogen-bond acceptors (Lipinski definition) is 4. The van der Waals surface area contributed by atoms with Crippen LogP contribution in [0.1, 0.15) is 34.7 Å². The summed E-state index contributed by atoms with van der Waals surface area (Å²) in [7, 11) is 0. The van der Waals surface area contributed by atoms with E-state index in [1.54, 1.807) is 18.6 Å². The first-order valence-corrected chi connectivity index (χ1v) is 8.09. The van der Waals surface area contributed by atoms with E-state index in [9.17, 15) is 9.50 Å². The van der Waals surface area contributed by atoms with Gasteiger partial charge in [0.25, 0.3) is 0 Å². The van der Waals surface area contributed by atoms with Crippen molar-refractivity contribution in [3.8, 4) is 5.75 Å². The minimum Gasteiger partial charge on any atom is -0.508 e. The summed E-state index contributed by atoms with van der Waals surface area (Å²) in [5, 5.41) is 11.5. The fraction of sp³-hybridized carbons (Fsp3) is 0.105. The van der Waals surface area contributed by atoms with Crippen LogP contribution in [0.25, 0.3) is 11.8 Å². The van der Waals surface area contributed by atoms with Crippen LogP contribution in [0.4, 0.5) is 4.39 Å². The van der Waals surface area contributed by atoms with Crippen molar-refractivity contribution in [2.45, 2.75) is 12.3 Å².